The summed E-state index contributed by atoms with van der Waals surface area (Å²) in [7, 11) is 1.40. The Balaban J connectivity index is 2.01. The Morgan fingerprint density at radius 3 is 3.11 bits per heavy atom. The molecule has 0 bridgehead atoms. The van der Waals surface area contributed by atoms with Crippen molar-refractivity contribution in [3.63, 3.8) is 0 Å². The highest BCUT2D eigenvalue weighted by Gasteiger charge is 2.34. The van der Waals surface area contributed by atoms with Gasteiger partial charge in [-0.3, -0.25) is 9.36 Å². The summed E-state index contributed by atoms with van der Waals surface area (Å²) in [6, 6.07) is 0. The number of esters is 1. The van der Waals surface area contributed by atoms with Crippen LogP contribution in [0.4, 0.5) is 0 Å². The van der Waals surface area contributed by atoms with Gasteiger partial charge in [0.2, 0.25) is 0 Å². The fourth-order valence-electron chi connectivity index (χ4n) is 1.78. The molecule has 0 radical (unpaired) electrons. The number of nitrogens with zero attached hydrogens (tertiary/aromatic N) is 2. The van der Waals surface area contributed by atoms with E-state index in [-0.39, 0.29) is 17.3 Å². The van der Waals surface area contributed by atoms with Crippen LogP contribution in [0.5, 0.6) is 0 Å². The van der Waals surface area contributed by atoms with Crippen LogP contribution in [0.2, 0.25) is 0 Å². The Morgan fingerprint density at radius 2 is 2.44 bits per heavy atom. The highest BCUT2D eigenvalue weighted by Crippen LogP contribution is 2.32. The topological polar surface area (TPSA) is 53.4 Å². The number of aromatic nitrogens is 2. The molecule has 2 rings (SSSR count). The molecule has 1 fully saturated rings. The van der Waals surface area contributed by atoms with Crippen LogP contribution in [0.15, 0.2) is 18.7 Å². The normalized spacial score (nSPS) is 23.4. The van der Waals surface area contributed by atoms with Crippen molar-refractivity contribution in [1.29, 1.82) is 0 Å². The number of methoxy groups -OCH3 is 1. The van der Waals surface area contributed by atoms with E-state index in [1.54, 1.807) is 35.0 Å². The Labute approximate surface area is 115 Å². The van der Waals surface area contributed by atoms with Gasteiger partial charge in [0.25, 0.3) is 5.17 Å². The zero-order valence-corrected chi connectivity index (χ0v) is 11.6. The van der Waals surface area contributed by atoms with E-state index in [4.69, 9.17) is 21.7 Å². The van der Waals surface area contributed by atoms with E-state index in [2.05, 4.69) is 4.98 Å². The van der Waals surface area contributed by atoms with Gasteiger partial charge in [-0.1, -0.05) is 0 Å². The van der Waals surface area contributed by atoms with Gasteiger partial charge in [0, 0.05) is 12.4 Å². The van der Waals surface area contributed by atoms with Gasteiger partial charge in [-0.2, -0.15) is 0 Å². The van der Waals surface area contributed by atoms with Gasteiger partial charge in [0.15, 0.2) is 5.44 Å². The second kappa shape index (κ2) is 6.19. The summed E-state index contributed by atoms with van der Waals surface area (Å²) in [6.45, 7) is 0. The molecule has 7 heteroatoms. The molecule has 18 heavy (non-hydrogen) atoms. The number of hydrogen-bond acceptors (Lipinski definition) is 6. The van der Waals surface area contributed by atoms with E-state index in [0.717, 1.165) is 18.6 Å². The zero-order chi connectivity index (χ0) is 13.0. The van der Waals surface area contributed by atoms with Gasteiger partial charge in [0.1, 0.15) is 12.2 Å². The molecule has 0 saturated carbocycles. The summed E-state index contributed by atoms with van der Waals surface area (Å²) in [5, 5.41) is 0.306. The maximum Gasteiger partial charge on any atom is 0.313 e. The Bertz CT molecular complexity index is 422. The fraction of sp³-hybridized carbons (Fsp3) is 0.545. The lowest BCUT2D eigenvalue weighted by Gasteiger charge is -2.29. The maximum atomic E-state index is 11.7. The summed E-state index contributed by atoms with van der Waals surface area (Å²) in [5.41, 5.74) is -0.277. The van der Waals surface area contributed by atoms with Crippen molar-refractivity contribution in [2.75, 3.05) is 12.9 Å². The SMILES string of the molecule is COC(=O)C1CCCSC1OC(=S)n1ccnc1. The summed E-state index contributed by atoms with van der Waals surface area (Å²) in [6.07, 6.45) is 6.67. The van der Waals surface area contributed by atoms with E-state index >= 15 is 0 Å². The van der Waals surface area contributed by atoms with Crippen LogP contribution < -0.4 is 0 Å². The van der Waals surface area contributed by atoms with Crippen LogP contribution in [0.3, 0.4) is 0 Å². The Hall–Kier alpha value is -1.08. The highest BCUT2D eigenvalue weighted by atomic mass is 32.2. The van der Waals surface area contributed by atoms with Gasteiger partial charge >= 0.3 is 5.97 Å². The van der Waals surface area contributed by atoms with Crippen LogP contribution in [-0.2, 0) is 14.3 Å². The zero-order valence-electron chi connectivity index (χ0n) is 9.94. The number of carbonyl (C=O) groups is 1. The smallest absolute Gasteiger partial charge is 0.313 e. The molecule has 2 heterocycles. The van der Waals surface area contributed by atoms with E-state index in [0.29, 0.717) is 5.17 Å². The monoisotopic (exact) mass is 286 g/mol. The van der Waals surface area contributed by atoms with E-state index in [1.807, 2.05) is 0 Å². The van der Waals surface area contributed by atoms with Gasteiger partial charge in [-0.15, -0.1) is 11.8 Å². The van der Waals surface area contributed by atoms with Crippen molar-refractivity contribution in [3.8, 4) is 0 Å². The molecular weight excluding hydrogens is 272 g/mol. The molecule has 1 aliphatic rings. The molecule has 5 nitrogen and oxygen atoms in total. The van der Waals surface area contributed by atoms with Crippen LogP contribution >= 0.6 is 24.0 Å². The van der Waals surface area contributed by atoms with Crippen molar-refractivity contribution in [1.82, 2.24) is 9.55 Å². The predicted molar refractivity (Wildman–Crippen MR) is 72.3 cm³/mol. The molecule has 0 aliphatic carbocycles. The lowest BCUT2D eigenvalue weighted by atomic mass is 10.0. The number of carbonyl (C=O) groups excluding carboxylic acids is 1. The first-order valence-electron chi connectivity index (χ1n) is 5.60. The molecule has 1 saturated heterocycles. The van der Waals surface area contributed by atoms with Crippen LogP contribution in [0, 0.1) is 5.92 Å². The molecule has 98 valence electrons. The maximum absolute atomic E-state index is 11.7. The summed E-state index contributed by atoms with van der Waals surface area (Å²) in [5.74, 6) is 0.473. The van der Waals surface area contributed by atoms with Crippen LogP contribution in [0.25, 0.3) is 0 Å². The first kappa shape index (κ1) is 13.4. The van der Waals surface area contributed by atoms with Crippen molar-refractivity contribution in [2.45, 2.75) is 18.3 Å². The van der Waals surface area contributed by atoms with E-state index in [9.17, 15) is 4.79 Å². The van der Waals surface area contributed by atoms with Crippen LogP contribution in [-0.4, -0.2) is 39.0 Å². The minimum absolute atomic E-state index is 0.236. The van der Waals surface area contributed by atoms with Gasteiger partial charge in [-0.05, 0) is 30.8 Å². The number of hydrogen-bond donors (Lipinski definition) is 0. The van der Waals surface area contributed by atoms with Crippen molar-refractivity contribution < 1.29 is 14.3 Å². The number of imidazole rings is 1. The lowest BCUT2D eigenvalue weighted by molar-refractivity contribution is -0.147. The average Bonchev–Trinajstić information content (AvgIpc) is 2.92. The number of ether oxygens (including phenoxy) is 2. The molecule has 2 atom stereocenters. The summed E-state index contributed by atoms with van der Waals surface area (Å²) < 4.78 is 12.1. The second-order valence-corrected chi connectivity index (χ2v) is 5.42. The first-order chi connectivity index (χ1) is 8.72. The van der Waals surface area contributed by atoms with E-state index < -0.39 is 0 Å². The van der Waals surface area contributed by atoms with Gasteiger partial charge in [0.05, 0.1) is 7.11 Å². The quantitative estimate of drug-likeness (QED) is 0.609. The molecule has 1 aromatic rings. The average molecular weight is 286 g/mol. The third-order valence-electron chi connectivity index (χ3n) is 2.71. The summed E-state index contributed by atoms with van der Waals surface area (Å²) >= 11 is 6.76. The third kappa shape index (κ3) is 3.02. The molecule has 0 aromatic carbocycles. The standard InChI is InChI=1S/C11H14N2O3S2/c1-15-9(14)8-3-2-6-18-10(8)16-11(17)13-5-4-12-7-13/h4-5,7-8,10H,2-3,6H2,1H3. The molecule has 0 amide bonds. The number of thioether (sulfide) groups is 1. The predicted octanol–water partition coefficient (Wildman–Crippen LogP) is 1.67. The third-order valence-corrected chi connectivity index (χ3v) is 4.29. The number of thiocarbonyl (C=S) groups is 1. The second-order valence-electron chi connectivity index (χ2n) is 3.86. The number of rotatable bonds is 2. The van der Waals surface area contributed by atoms with Crippen molar-refractivity contribution in [3.05, 3.63) is 18.7 Å². The molecule has 1 aromatic heterocycles. The minimum Gasteiger partial charge on any atom is -0.469 e. The Morgan fingerprint density at radius 1 is 1.61 bits per heavy atom. The largest absolute Gasteiger partial charge is 0.469 e. The fourth-order valence-corrected chi connectivity index (χ4v) is 3.26. The van der Waals surface area contributed by atoms with Crippen molar-refractivity contribution >= 4 is 35.1 Å². The Kier molecular flexibility index (Phi) is 4.60. The molecule has 0 spiro atoms. The van der Waals surface area contributed by atoms with Crippen LogP contribution in [0.1, 0.15) is 12.8 Å². The first-order valence-corrected chi connectivity index (χ1v) is 7.06. The van der Waals surface area contributed by atoms with Crippen molar-refractivity contribution in [2.24, 2.45) is 5.92 Å². The lowest BCUT2D eigenvalue weighted by Crippen LogP contribution is -2.35. The molecule has 0 N–H and O–H groups in total. The molecular formula is C11H14N2O3S2. The van der Waals surface area contributed by atoms with E-state index in [1.165, 1.54) is 7.11 Å². The molecule has 2 unspecified atom stereocenters. The summed E-state index contributed by atoms with van der Waals surface area (Å²) in [4.78, 5) is 15.6. The minimum atomic E-state index is -0.277. The highest BCUT2D eigenvalue weighted by molar-refractivity contribution is 7.99. The van der Waals surface area contributed by atoms with Gasteiger partial charge < -0.3 is 9.47 Å². The van der Waals surface area contributed by atoms with Gasteiger partial charge in [-0.25, -0.2) is 4.98 Å². The molecule has 1 aliphatic heterocycles.